The fourth-order valence-electron chi connectivity index (χ4n) is 7.00. The molecule has 3 aromatic heterocycles. The highest BCUT2D eigenvalue weighted by Gasteiger charge is 2.33. The Morgan fingerprint density at radius 2 is 1.41 bits per heavy atom. The van der Waals surface area contributed by atoms with Crippen LogP contribution in [0.1, 0.15) is 31.9 Å². The van der Waals surface area contributed by atoms with E-state index in [0.717, 1.165) is 0 Å². The van der Waals surface area contributed by atoms with Gasteiger partial charge in [-0.25, -0.2) is 4.57 Å². The molecule has 2 nitrogen and oxygen atoms in total. The number of fused-ring (bicyclic) bond motifs is 7. The smallest absolute Gasteiger partial charge is 0.224 e. The van der Waals surface area contributed by atoms with Crippen LogP contribution in [0.3, 0.4) is 0 Å². The fourth-order valence-corrected chi connectivity index (χ4v) is 8.59. The van der Waals surface area contributed by atoms with Crippen molar-refractivity contribution in [3.05, 3.63) is 78.0 Å². The largest absolute Gasteiger partial charge is 0.307 e. The zero-order chi connectivity index (χ0) is 26.0. The molecule has 3 heterocycles. The van der Waals surface area contributed by atoms with Gasteiger partial charge in [0.05, 0.1) is 35.4 Å². The van der Waals surface area contributed by atoms with Gasteiger partial charge in [0.1, 0.15) is 7.05 Å². The number of aromatic nitrogens is 2. The normalized spacial score (nSPS) is 13.4. The van der Waals surface area contributed by atoms with Crippen LogP contribution in [0, 0.1) is 6.92 Å². The zero-order valence-electron chi connectivity index (χ0n) is 23.2. The minimum atomic E-state index is -1.64. The Labute approximate surface area is 219 Å². The predicted octanol–water partition coefficient (Wildman–Crippen LogP) is 8.12. The summed E-state index contributed by atoms with van der Waals surface area (Å²) in [5.74, 6) is 0. The van der Waals surface area contributed by atoms with Gasteiger partial charge in [-0.15, -0.1) is 0 Å². The minimum Gasteiger partial charge on any atom is -0.307 e. The number of hydrogen-bond donors (Lipinski definition) is 0. The fraction of sp³-hybridized carbons (Fsp3) is 0.265. The number of pyridine rings is 2. The summed E-state index contributed by atoms with van der Waals surface area (Å²) < 4.78 is 5.02. The molecular weight excluding hydrogens is 464 g/mol. The first-order valence-electron chi connectivity index (χ1n) is 13.5. The average molecular weight is 500 g/mol. The van der Waals surface area contributed by atoms with Crippen molar-refractivity contribution in [2.45, 2.75) is 52.8 Å². The Hall–Kier alpha value is -3.43. The maximum atomic E-state index is 2.65. The first kappa shape index (κ1) is 22.7. The molecule has 0 aliphatic heterocycles. The zero-order valence-corrected chi connectivity index (χ0v) is 24.2. The van der Waals surface area contributed by atoms with Crippen molar-refractivity contribution < 1.29 is 4.57 Å². The summed E-state index contributed by atoms with van der Waals surface area (Å²) in [5.41, 5.74) is 8.22. The highest BCUT2D eigenvalue weighted by atomic mass is 28.3. The molecule has 0 fully saturated rings. The Morgan fingerprint density at radius 3 is 2.08 bits per heavy atom. The van der Waals surface area contributed by atoms with Crippen molar-refractivity contribution in [2.24, 2.45) is 7.05 Å². The van der Waals surface area contributed by atoms with Gasteiger partial charge in [-0.2, -0.15) is 0 Å². The molecule has 0 aliphatic rings. The number of hydrogen-bond acceptors (Lipinski definition) is 0. The Bertz CT molecular complexity index is 2060. The third-order valence-electron chi connectivity index (χ3n) is 8.50. The van der Waals surface area contributed by atoms with Crippen LogP contribution in [0.25, 0.3) is 59.8 Å². The third kappa shape index (κ3) is 2.84. The van der Waals surface area contributed by atoms with Crippen LogP contribution in [0.5, 0.6) is 0 Å². The molecule has 0 atom stereocenters. The summed E-state index contributed by atoms with van der Waals surface area (Å²) in [5, 5.41) is 11.3. The Kier molecular flexibility index (Phi) is 4.37. The van der Waals surface area contributed by atoms with Gasteiger partial charge in [-0.3, -0.25) is 0 Å². The number of rotatable bonds is 1. The van der Waals surface area contributed by atoms with Crippen molar-refractivity contribution in [2.75, 3.05) is 0 Å². The van der Waals surface area contributed by atoms with Gasteiger partial charge in [0.15, 0.2) is 6.20 Å². The van der Waals surface area contributed by atoms with Crippen molar-refractivity contribution in [3.8, 4) is 0 Å². The predicted molar refractivity (Wildman–Crippen MR) is 164 cm³/mol. The lowest BCUT2D eigenvalue weighted by molar-refractivity contribution is -0.643. The lowest BCUT2D eigenvalue weighted by atomic mass is 9.80. The van der Waals surface area contributed by atoms with Crippen molar-refractivity contribution in [1.29, 1.82) is 0 Å². The molecule has 4 aromatic carbocycles. The lowest BCUT2D eigenvalue weighted by Crippen LogP contribution is -2.38. The second-order valence-corrected chi connectivity index (χ2v) is 18.0. The molecule has 7 aromatic rings. The molecular formula is C34H35N2Si+. The van der Waals surface area contributed by atoms with E-state index in [0.29, 0.717) is 0 Å². The molecule has 3 heteroatoms. The average Bonchev–Trinajstić information content (AvgIpc) is 3.18. The molecule has 0 spiro atoms. The molecule has 0 saturated heterocycles. The second-order valence-electron chi connectivity index (χ2n) is 13.0. The number of aryl methyl sites for hydroxylation is 2. The monoisotopic (exact) mass is 499 g/mol. The quantitative estimate of drug-likeness (QED) is 0.0933. The van der Waals surface area contributed by atoms with E-state index in [1.165, 1.54) is 70.9 Å². The maximum Gasteiger partial charge on any atom is 0.224 e. The molecule has 7 rings (SSSR count). The van der Waals surface area contributed by atoms with Gasteiger partial charge in [-0.05, 0) is 50.9 Å². The molecule has 37 heavy (non-hydrogen) atoms. The van der Waals surface area contributed by atoms with E-state index >= 15 is 0 Å². The highest BCUT2D eigenvalue weighted by molar-refractivity contribution is 6.91. The van der Waals surface area contributed by atoms with Crippen molar-refractivity contribution >= 4 is 73.0 Å². The van der Waals surface area contributed by atoms with Crippen molar-refractivity contribution in [1.82, 2.24) is 4.40 Å². The van der Waals surface area contributed by atoms with Crippen LogP contribution in [-0.4, -0.2) is 12.5 Å². The van der Waals surface area contributed by atoms with E-state index in [4.69, 9.17) is 0 Å². The summed E-state index contributed by atoms with van der Waals surface area (Å²) in [7, 11) is 0.580. The number of benzene rings is 4. The first-order chi connectivity index (χ1) is 17.5. The lowest BCUT2D eigenvalue weighted by Gasteiger charge is -2.27. The molecule has 0 aliphatic carbocycles. The van der Waals surface area contributed by atoms with Crippen LogP contribution in [0.4, 0.5) is 0 Å². The van der Waals surface area contributed by atoms with Crippen LogP contribution >= 0.6 is 0 Å². The molecule has 184 valence electrons. The van der Waals surface area contributed by atoms with Gasteiger partial charge in [0.2, 0.25) is 5.52 Å². The Balaban J connectivity index is 2.01. The van der Waals surface area contributed by atoms with Crippen LogP contribution in [-0.2, 0) is 12.5 Å². The first-order valence-corrected chi connectivity index (χ1v) is 17.0. The molecule has 0 unspecified atom stereocenters. The van der Waals surface area contributed by atoms with Gasteiger partial charge < -0.3 is 4.40 Å². The summed E-state index contributed by atoms with van der Waals surface area (Å²) in [4.78, 5) is 0. The molecule has 0 N–H and O–H groups in total. The van der Waals surface area contributed by atoms with Crippen LogP contribution in [0.15, 0.2) is 66.9 Å². The minimum absolute atomic E-state index is 0.0323. The standard InChI is InChI=1S/C34H35N2Si/c1-20-22-13-9-10-14-23(22)30(34(2,3)4)33-27(20)31-28-21(17-18-35(31)5)19-26(37(6,7)8)29-24-15-11-12-16-25(24)36(33)32(28)29/h9-19H,1-8H3/q+1. The van der Waals surface area contributed by atoms with E-state index in [1.54, 1.807) is 5.19 Å². The van der Waals surface area contributed by atoms with Crippen molar-refractivity contribution in [3.63, 3.8) is 0 Å². The number of para-hydroxylation sites is 1. The van der Waals surface area contributed by atoms with Gasteiger partial charge in [-0.1, -0.05) is 88.9 Å². The van der Waals surface area contributed by atoms with E-state index in [9.17, 15) is 0 Å². The van der Waals surface area contributed by atoms with Gasteiger partial charge in [0.25, 0.3) is 0 Å². The molecule has 0 radical (unpaired) electrons. The molecule has 0 saturated carbocycles. The van der Waals surface area contributed by atoms with E-state index in [2.05, 4.69) is 130 Å². The molecule has 0 amide bonds. The van der Waals surface area contributed by atoms with Gasteiger partial charge in [0, 0.05) is 16.8 Å². The number of nitrogens with zero attached hydrogens (tertiary/aromatic N) is 2. The SMILES string of the molecule is Cc1c2ccccc2c(C(C)(C)C)c2c1c1c3c(cc[n+]1C)cc([Si](C)(C)C)c1c4ccccc4n2c13. The van der Waals surface area contributed by atoms with Crippen LogP contribution in [0.2, 0.25) is 19.6 Å². The Morgan fingerprint density at radius 1 is 0.757 bits per heavy atom. The maximum absolute atomic E-state index is 2.65. The molecule has 0 bridgehead atoms. The van der Waals surface area contributed by atoms with E-state index < -0.39 is 8.07 Å². The summed E-state index contributed by atoms with van der Waals surface area (Å²) >= 11 is 0. The van der Waals surface area contributed by atoms with E-state index in [-0.39, 0.29) is 5.41 Å². The van der Waals surface area contributed by atoms with Gasteiger partial charge >= 0.3 is 0 Å². The highest BCUT2D eigenvalue weighted by Crippen LogP contribution is 2.46. The summed E-state index contributed by atoms with van der Waals surface area (Å²) in [6.45, 7) is 16.9. The summed E-state index contributed by atoms with van der Waals surface area (Å²) in [6.07, 6.45) is 2.27. The summed E-state index contributed by atoms with van der Waals surface area (Å²) in [6, 6.07) is 23.0. The third-order valence-corrected chi connectivity index (χ3v) is 10.5. The second kappa shape index (κ2) is 7.11. The van der Waals surface area contributed by atoms with Crippen LogP contribution < -0.4 is 9.75 Å². The van der Waals surface area contributed by atoms with E-state index in [1.807, 2.05) is 0 Å². The topological polar surface area (TPSA) is 8.29 Å².